The average Bonchev–Trinajstić information content (AvgIpc) is 3.33. The van der Waals surface area contributed by atoms with Crippen molar-refractivity contribution in [2.75, 3.05) is 0 Å². The molecule has 7 heteroatoms. The number of benzene rings is 1. The number of pyridine rings is 1. The molecule has 2 aromatic heterocycles. The van der Waals surface area contributed by atoms with Crippen LogP contribution in [-0.2, 0) is 16.1 Å². The molecule has 1 N–H and O–H groups in total. The summed E-state index contributed by atoms with van der Waals surface area (Å²) < 4.78 is 19.1. The maximum atomic E-state index is 13.6. The van der Waals surface area contributed by atoms with Gasteiger partial charge in [0.1, 0.15) is 23.4 Å². The molecular weight excluding hydrogens is 375 g/mol. The Morgan fingerprint density at radius 3 is 2.72 bits per heavy atom. The number of ketones is 1. The summed E-state index contributed by atoms with van der Waals surface area (Å²) in [5, 5.41) is 10.9. The lowest BCUT2D eigenvalue weighted by atomic mass is 9.98. The Hall–Kier alpha value is -3.74. The van der Waals surface area contributed by atoms with Gasteiger partial charge in [-0.05, 0) is 54.4 Å². The molecule has 0 radical (unpaired) electrons. The molecule has 6 nitrogen and oxygen atoms in total. The summed E-state index contributed by atoms with van der Waals surface area (Å²) in [6, 6.07) is 9.89. The number of rotatable bonds is 4. The maximum absolute atomic E-state index is 13.6. The number of amides is 1. The largest absolute Gasteiger partial charge is 0.507 e. The van der Waals surface area contributed by atoms with Gasteiger partial charge in [-0.1, -0.05) is 6.07 Å². The first kappa shape index (κ1) is 18.6. The van der Waals surface area contributed by atoms with E-state index in [2.05, 4.69) is 4.98 Å². The summed E-state index contributed by atoms with van der Waals surface area (Å²) in [7, 11) is 0. The topological polar surface area (TPSA) is 83.6 Å². The van der Waals surface area contributed by atoms with Gasteiger partial charge in [-0.3, -0.25) is 14.6 Å². The molecule has 3 aromatic rings. The molecule has 0 bridgehead atoms. The van der Waals surface area contributed by atoms with Crippen LogP contribution < -0.4 is 0 Å². The van der Waals surface area contributed by atoms with E-state index in [1.54, 1.807) is 43.6 Å². The van der Waals surface area contributed by atoms with Crippen molar-refractivity contribution in [3.05, 3.63) is 95.0 Å². The number of likely N-dealkylation sites (tertiary alicyclic amines) is 1. The van der Waals surface area contributed by atoms with E-state index in [-0.39, 0.29) is 23.4 Å². The third-order valence-electron chi connectivity index (χ3n) is 4.86. The zero-order chi connectivity index (χ0) is 20.5. The van der Waals surface area contributed by atoms with Gasteiger partial charge in [-0.25, -0.2) is 4.39 Å². The van der Waals surface area contributed by atoms with Crippen LogP contribution in [0.15, 0.2) is 71.1 Å². The lowest BCUT2D eigenvalue weighted by Crippen LogP contribution is -2.29. The van der Waals surface area contributed by atoms with Crippen LogP contribution in [-0.4, -0.2) is 26.7 Å². The molecule has 1 saturated heterocycles. The summed E-state index contributed by atoms with van der Waals surface area (Å²) >= 11 is 0. The lowest BCUT2D eigenvalue weighted by Gasteiger charge is -2.23. The van der Waals surface area contributed by atoms with Gasteiger partial charge in [-0.2, -0.15) is 0 Å². The van der Waals surface area contributed by atoms with Crippen molar-refractivity contribution < 1.29 is 23.5 Å². The van der Waals surface area contributed by atoms with Crippen molar-refractivity contribution in [3.8, 4) is 0 Å². The van der Waals surface area contributed by atoms with Gasteiger partial charge in [0, 0.05) is 24.5 Å². The first-order valence-electron chi connectivity index (χ1n) is 8.94. The normalized spacial score (nSPS) is 18.4. The number of hydrogen-bond acceptors (Lipinski definition) is 5. The van der Waals surface area contributed by atoms with Gasteiger partial charge in [0.15, 0.2) is 0 Å². The summed E-state index contributed by atoms with van der Waals surface area (Å²) in [5.41, 5.74) is 1.19. The average molecular weight is 392 g/mol. The van der Waals surface area contributed by atoms with E-state index < -0.39 is 23.5 Å². The summed E-state index contributed by atoms with van der Waals surface area (Å²) in [4.78, 5) is 31.0. The predicted octanol–water partition coefficient (Wildman–Crippen LogP) is 3.74. The number of aromatic nitrogens is 1. The van der Waals surface area contributed by atoms with Crippen LogP contribution in [0.2, 0.25) is 0 Å². The van der Waals surface area contributed by atoms with Gasteiger partial charge in [0.05, 0.1) is 11.8 Å². The number of aryl methyl sites for hydroxylation is 1. The predicted molar refractivity (Wildman–Crippen MR) is 102 cm³/mol. The number of halogens is 1. The fourth-order valence-electron chi connectivity index (χ4n) is 3.42. The molecule has 1 amide bonds. The molecule has 29 heavy (non-hydrogen) atoms. The molecule has 146 valence electrons. The second kappa shape index (κ2) is 7.35. The highest BCUT2D eigenvalue weighted by atomic mass is 19.1. The van der Waals surface area contributed by atoms with Crippen LogP contribution in [0.1, 0.15) is 28.5 Å². The number of aliphatic hydroxyl groups excluding tert-OH is 1. The SMILES string of the molecule is Cc1cc(/C(O)=C2/C(=O)C(=O)N(Cc3cccnc3)C2c2ccco2)ccc1F. The van der Waals surface area contributed by atoms with Crippen molar-refractivity contribution in [3.63, 3.8) is 0 Å². The number of aliphatic hydroxyl groups is 1. The van der Waals surface area contributed by atoms with Gasteiger partial charge < -0.3 is 14.4 Å². The Bertz CT molecular complexity index is 1110. The Kier molecular flexibility index (Phi) is 4.72. The second-order valence-corrected chi connectivity index (χ2v) is 6.77. The molecule has 1 aliphatic heterocycles. The van der Waals surface area contributed by atoms with Crippen molar-refractivity contribution in [1.82, 2.24) is 9.88 Å². The van der Waals surface area contributed by atoms with E-state index in [9.17, 15) is 19.1 Å². The van der Waals surface area contributed by atoms with Crippen LogP contribution in [0.4, 0.5) is 4.39 Å². The number of hydrogen-bond donors (Lipinski definition) is 1. The third-order valence-corrected chi connectivity index (χ3v) is 4.86. The van der Waals surface area contributed by atoms with E-state index in [0.717, 1.165) is 5.56 Å². The van der Waals surface area contributed by atoms with Crippen molar-refractivity contribution in [1.29, 1.82) is 0 Å². The van der Waals surface area contributed by atoms with Crippen LogP contribution in [0, 0.1) is 12.7 Å². The van der Waals surface area contributed by atoms with E-state index in [0.29, 0.717) is 11.3 Å². The molecule has 4 rings (SSSR count). The molecule has 1 aliphatic rings. The first-order chi connectivity index (χ1) is 14.0. The Balaban J connectivity index is 1.84. The minimum absolute atomic E-state index is 0.0974. The van der Waals surface area contributed by atoms with Gasteiger partial charge in [0.2, 0.25) is 0 Å². The molecular formula is C22H17FN2O4. The fraction of sp³-hybridized carbons (Fsp3) is 0.136. The zero-order valence-electron chi connectivity index (χ0n) is 15.5. The lowest BCUT2D eigenvalue weighted by molar-refractivity contribution is -0.140. The van der Waals surface area contributed by atoms with Gasteiger partial charge in [-0.15, -0.1) is 0 Å². The minimum atomic E-state index is -0.907. The standard InChI is InChI=1S/C22H17FN2O4/c1-13-10-15(6-7-16(13)23)20(26)18-19(17-5-3-9-29-17)25(22(28)21(18)27)12-14-4-2-8-24-11-14/h2-11,19,26H,12H2,1H3/b20-18-. The zero-order valence-corrected chi connectivity index (χ0v) is 15.5. The Labute approximate surface area is 165 Å². The van der Waals surface area contributed by atoms with E-state index in [1.807, 2.05) is 0 Å². The minimum Gasteiger partial charge on any atom is -0.507 e. The van der Waals surface area contributed by atoms with E-state index >= 15 is 0 Å². The number of nitrogens with zero attached hydrogens (tertiary/aromatic N) is 2. The van der Waals surface area contributed by atoms with Crippen LogP contribution in [0.5, 0.6) is 0 Å². The highest BCUT2D eigenvalue weighted by Gasteiger charge is 2.47. The molecule has 0 aliphatic carbocycles. The number of Topliss-reactive ketones (excluding diaryl/α,β-unsaturated/α-hetero) is 1. The highest BCUT2D eigenvalue weighted by molar-refractivity contribution is 6.46. The first-order valence-corrected chi connectivity index (χ1v) is 8.94. The van der Waals surface area contributed by atoms with E-state index in [4.69, 9.17) is 4.42 Å². The number of furan rings is 1. The fourth-order valence-corrected chi connectivity index (χ4v) is 3.42. The molecule has 1 unspecified atom stereocenters. The maximum Gasteiger partial charge on any atom is 0.296 e. The number of carbonyl (C=O) groups excluding carboxylic acids is 2. The smallest absolute Gasteiger partial charge is 0.296 e. The van der Waals surface area contributed by atoms with Crippen LogP contribution in [0.3, 0.4) is 0 Å². The van der Waals surface area contributed by atoms with Gasteiger partial charge >= 0.3 is 0 Å². The quantitative estimate of drug-likeness (QED) is 0.415. The van der Waals surface area contributed by atoms with Crippen molar-refractivity contribution >= 4 is 17.4 Å². The summed E-state index contributed by atoms with van der Waals surface area (Å²) in [6.07, 6.45) is 4.64. The third kappa shape index (κ3) is 3.31. The molecule has 1 atom stereocenters. The van der Waals surface area contributed by atoms with Gasteiger partial charge in [0.25, 0.3) is 11.7 Å². The van der Waals surface area contributed by atoms with Crippen molar-refractivity contribution in [2.24, 2.45) is 0 Å². The highest BCUT2D eigenvalue weighted by Crippen LogP contribution is 2.40. The molecule has 0 spiro atoms. The monoisotopic (exact) mass is 392 g/mol. The van der Waals surface area contributed by atoms with Crippen LogP contribution >= 0.6 is 0 Å². The molecule has 1 aromatic carbocycles. The molecule has 3 heterocycles. The van der Waals surface area contributed by atoms with Crippen molar-refractivity contribution in [2.45, 2.75) is 19.5 Å². The second-order valence-electron chi connectivity index (χ2n) is 6.77. The molecule has 1 fully saturated rings. The molecule has 0 saturated carbocycles. The Morgan fingerprint density at radius 1 is 1.24 bits per heavy atom. The number of carbonyl (C=O) groups is 2. The van der Waals surface area contributed by atoms with E-state index in [1.165, 1.54) is 29.4 Å². The summed E-state index contributed by atoms with van der Waals surface area (Å²) in [6.45, 7) is 1.67. The summed E-state index contributed by atoms with van der Waals surface area (Å²) in [5.74, 6) is -2.04. The Morgan fingerprint density at radius 2 is 2.07 bits per heavy atom. The van der Waals surface area contributed by atoms with Crippen LogP contribution in [0.25, 0.3) is 5.76 Å².